The number of ketones is 1. The van der Waals surface area contributed by atoms with Gasteiger partial charge in [0.25, 0.3) is 11.7 Å². The number of hydrogen-bond acceptors (Lipinski definition) is 4. The highest BCUT2D eigenvalue weighted by Crippen LogP contribution is 2.46. The molecular weight excluding hydrogens is 521 g/mol. The van der Waals surface area contributed by atoms with Crippen LogP contribution in [0.4, 0.5) is 5.69 Å². The molecule has 1 aliphatic rings. The zero-order valence-corrected chi connectivity index (χ0v) is 21.1. The molecule has 5 nitrogen and oxygen atoms in total. The third-order valence-corrected chi connectivity index (χ3v) is 6.89. The summed E-state index contributed by atoms with van der Waals surface area (Å²) < 4.78 is 5.40. The Hall–Kier alpha value is -3.51. The van der Waals surface area contributed by atoms with Crippen molar-refractivity contribution in [3.63, 3.8) is 0 Å². The van der Waals surface area contributed by atoms with E-state index in [2.05, 4.69) is 0 Å². The highest BCUT2D eigenvalue weighted by molar-refractivity contribution is 6.52. The maximum absolute atomic E-state index is 13.5. The second-order valence-corrected chi connectivity index (χ2v) is 9.46. The summed E-state index contributed by atoms with van der Waals surface area (Å²) in [4.78, 5) is 28.3. The number of fused-ring (bicyclic) bond motifs is 1. The molecule has 1 atom stereocenters. The molecule has 1 amide bonds. The van der Waals surface area contributed by atoms with Crippen molar-refractivity contribution in [3.05, 3.63) is 111 Å². The standard InChI is InChI=1S/C28H18Cl3NO4/c1-36-27-21(13-17(30)14-22(27)31)25(33)23-24(20-8-4-6-15-5-2-3-7-19(15)20)32(28(35)26(23)34)18-11-9-16(29)10-12-18/h2-14,24,33H,1H3/b25-23+. The second kappa shape index (κ2) is 9.51. The van der Waals surface area contributed by atoms with Crippen LogP contribution < -0.4 is 9.64 Å². The van der Waals surface area contributed by atoms with Crippen LogP contribution in [0.1, 0.15) is 17.2 Å². The van der Waals surface area contributed by atoms with Gasteiger partial charge in [0.15, 0.2) is 0 Å². The molecule has 4 aromatic rings. The Balaban J connectivity index is 1.84. The number of rotatable bonds is 4. The van der Waals surface area contributed by atoms with Gasteiger partial charge in [-0.2, -0.15) is 0 Å². The summed E-state index contributed by atoms with van der Waals surface area (Å²) in [5, 5.41) is 14.2. The number of halogens is 3. The summed E-state index contributed by atoms with van der Waals surface area (Å²) in [7, 11) is 1.39. The summed E-state index contributed by atoms with van der Waals surface area (Å²) in [5.41, 5.74) is 1.11. The van der Waals surface area contributed by atoms with E-state index in [0.29, 0.717) is 16.3 Å². The minimum Gasteiger partial charge on any atom is -0.507 e. The van der Waals surface area contributed by atoms with Crippen molar-refractivity contribution in [2.24, 2.45) is 0 Å². The molecule has 1 saturated heterocycles. The fourth-order valence-electron chi connectivity index (χ4n) is 4.57. The fourth-order valence-corrected chi connectivity index (χ4v) is 5.27. The predicted octanol–water partition coefficient (Wildman–Crippen LogP) is 7.43. The average Bonchev–Trinajstić information content (AvgIpc) is 3.13. The summed E-state index contributed by atoms with van der Waals surface area (Å²) >= 11 is 18.6. The van der Waals surface area contributed by atoms with Crippen LogP contribution >= 0.6 is 34.8 Å². The van der Waals surface area contributed by atoms with Gasteiger partial charge in [0, 0.05) is 15.7 Å². The third kappa shape index (κ3) is 3.99. The Labute approximate surface area is 222 Å². The van der Waals surface area contributed by atoms with Crippen LogP contribution in [-0.2, 0) is 9.59 Å². The number of nitrogens with zero attached hydrogens (tertiary/aromatic N) is 1. The van der Waals surface area contributed by atoms with Crippen LogP contribution in [0.3, 0.4) is 0 Å². The number of benzene rings is 4. The van der Waals surface area contributed by atoms with Gasteiger partial charge >= 0.3 is 0 Å². The van der Waals surface area contributed by atoms with Gasteiger partial charge in [0.05, 0.1) is 29.3 Å². The van der Waals surface area contributed by atoms with Crippen molar-refractivity contribution in [1.29, 1.82) is 0 Å². The van der Waals surface area contributed by atoms with Crippen molar-refractivity contribution < 1.29 is 19.4 Å². The van der Waals surface area contributed by atoms with Gasteiger partial charge in [-0.15, -0.1) is 0 Å². The van der Waals surface area contributed by atoms with Crippen LogP contribution in [-0.4, -0.2) is 23.9 Å². The summed E-state index contributed by atoms with van der Waals surface area (Å²) in [6.07, 6.45) is 0. The number of aliphatic hydroxyl groups is 1. The van der Waals surface area contributed by atoms with Crippen molar-refractivity contribution in [2.45, 2.75) is 6.04 Å². The Bertz CT molecular complexity index is 1560. The number of hydrogen-bond donors (Lipinski definition) is 1. The van der Waals surface area contributed by atoms with Gasteiger partial charge < -0.3 is 9.84 Å². The molecular formula is C28H18Cl3NO4. The summed E-state index contributed by atoms with van der Waals surface area (Å²) in [6, 6.07) is 21.8. The molecule has 1 unspecified atom stereocenters. The van der Waals surface area contributed by atoms with E-state index in [1.165, 1.54) is 24.1 Å². The van der Waals surface area contributed by atoms with Crippen LogP contribution in [0.25, 0.3) is 16.5 Å². The molecule has 4 aromatic carbocycles. The van der Waals surface area contributed by atoms with E-state index < -0.39 is 23.5 Å². The number of Topliss-reactive ketones (excluding diaryl/α,β-unsaturated/α-hetero) is 1. The molecule has 1 heterocycles. The Morgan fingerprint density at radius 3 is 2.31 bits per heavy atom. The van der Waals surface area contributed by atoms with Crippen molar-refractivity contribution in [1.82, 2.24) is 0 Å². The number of anilines is 1. The third-order valence-electron chi connectivity index (χ3n) is 6.13. The lowest BCUT2D eigenvalue weighted by atomic mass is 9.91. The smallest absolute Gasteiger partial charge is 0.300 e. The van der Waals surface area contributed by atoms with E-state index >= 15 is 0 Å². The molecule has 0 bridgehead atoms. The van der Waals surface area contributed by atoms with Crippen LogP contribution in [0.15, 0.2) is 84.4 Å². The number of carbonyl (C=O) groups excluding carboxylic acids is 2. The predicted molar refractivity (Wildman–Crippen MR) is 143 cm³/mol. The van der Waals surface area contributed by atoms with Gasteiger partial charge in [-0.1, -0.05) is 77.3 Å². The maximum Gasteiger partial charge on any atom is 0.300 e. The highest BCUT2D eigenvalue weighted by Gasteiger charge is 2.47. The molecule has 0 aliphatic carbocycles. The Morgan fingerprint density at radius 2 is 1.58 bits per heavy atom. The largest absolute Gasteiger partial charge is 0.507 e. The zero-order valence-electron chi connectivity index (χ0n) is 18.8. The fraction of sp³-hybridized carbons (Fsp3) is 0.0714. The lowest BCUT2D eigenvalue weighted by Gasteiger charge is -2.26. The molecule has 5 rings (SSSR count). The lowest BCUT2D eigenvalue weighted by molar-refractivity contribution is -0.132. The molecule has 0 aromatic heterocycles. The molecule has 180 valence electrons. The van der Waals surface area contributed by atoms with Crippen LogP contribution in [0.2, 0.25) is 15.1 Å². The Kier molecular flexibility index (Phi) is 6.39. The summed E-state index contributed by atoms with van der Waals surface area (Å²) in [5.74, 6) is -1.95. The van der Waals surface area contributed by atoms with Crippen LogP contribution in [0, 0.1) is 0 Å². The quantitative estimate of drug-likeness (QED) is 0.167. The minimum absolute atomic E-state index is 0.106. The van der Waals surface area contributed by atoms with Gasteiger partial charge in [-0.3, -0.25) is 14.5 Å². The first-order valence-electron chi connectivity index (χ1n) is 10.9. The molecule has 1 aliphatic heterocycles. The monoisotopic (exact) mass is 537 g/mol. The van der Waals surface area contributed by atoms with E-state index in [-0.39, 0.29) is 26.9 Å². The molecule has 8 heteroatoms. The maximum atomic E-state index is 13.5. The first-order valence-corrected chi connectivity index (χ1v) is 12.0. The molecule has 0 spiro atoms. The van der Waals surface area contributed by atoms with Gasteiger partial charge in [0.1, 0.15) is 11.5 Å². The molecule has 1 fully saturated rings. The average molecular weight is 539 g/mol. The number of aliphatic hydroxyl groups excluding tert-OH is 1. The van der Waals surface area contributed by atoms with Gasteiger partial charge in [-0.05, 0) is 52.7 Å². The molecule has 0 saturated carbocycles. The van der Waals surface area contributed by atoms with Crippen LogP contribution in [0.5, 0.6) is 5.75 Å². The topological polar surface area (TPSA) is 66.8 Å². The van der Waals surface area contributed by atoms with Gasteiger partial charge in [-0.25, -0.2) is 0 Å². The first-order chi connectivity index (χ1) is 17.3. The van der Waals surface area contributed by atoms with Crippen molar-refractivity contribution >= 4 is 68.7 Å². The second-order valence-electron chi connectivity index (χ2n) is 8.18. The normalized spacial score (nSPS) is 17.1. The molecule has 0 radical (unpaired) electrons. The number of ether oxygens (including phenoxy) is 1. The van der Waals surface area contributed by atoms with E-state index in [1.807, 2.05) is 42.5 Å². The van der Waals surface area contributed by atoms with Crippen molar-refractivity contribution in [3.8, 4) is 5.75 Å². The number of carbonyl (C=O) groups is 2. The van der Waals surface area contributed by atoms with E-state index in [4.69, 9.17) is 39.5 Å². The zero-order chi connectivity index (χ0) is 25.6. The van der Waals surface area contributed by atoms with Crippen molar-refractivity contribution in [2.75, 3.05) is 12.0 Å². The lowest BCUT2D eigenvalue weighted by Crippen LogP contribution is -2.29. The van der Waals surface area contributed by atoms with E-state index in [9.17, 15) is 14.7 Å². The SMILES string of the molecule is COc1c(Cl)cc(Cl)cc1/C(O)=C1\C(=O)C(=O)N(c2ccc(Cl)cc2)C1c1cccc2ccccc12. The minimum atomic E-state index is -0.945. The Morgan fingerprint density at radius 1 is 0.889 bits per heavy atom. The first kappa shape index (κ1) is 24.2. The molecule has 1 N–H and O–H groups in total. The van der Waals surface area contributed by atoms with E-state index in [0.717, 1.165) is 10.8 Å². The summed E-state index contributed by atoms with van der Waals surface area (Å²) in [6.45, 7) is 0. The number of amides is 1. The highest BCUT2D eigenvalue weighted by atomic mass is 35.5. The molecule has 36 heavy (non-hydrogen) atoms. The number of methoxy groups -OCH3 is 1. The van der Waals surface area contributed by atoms with Gasteiger partial charge in [0.2, 0.25) is 0 Å². The van der Waals surface area contributed by atoms with E-state index in [1.54, 1.807) is 24.3 Å².